The molecule has 0 saturated carbocycles. The molecule has 1 aromatic heterocycles. The topological polar surface area (TPSA) is 85.8 Å². The molecule has 0 fully saturated rings. The Balaban J connectivity index is 1.85. The lowest BCUT2D eigenvalue weighted by atomic mass is 10.2. The molecule has 0 aliphatic rings. The van der Waals surface area contributed by atoms with Crippen molar-refractivity contribution >= 4 is 17.7 Å². The van der Waals surface area contributed by atoms with E-state index in [2.05, 4.69) is 15.5 Å². The fourth-order valence-corrected chi connectivity index (χ4v) is 2.23. The van der Waals surface area contributed by atoms with E-state index in [1.807, 2.05) is 0 Å². The second-order valence-electron chi connectivity index (χ2n) is 4.13. The minimum Gasteiger partial charge on any atom is -0.351 e. The smallest absolute Gasteiger partial charge is 0.233 e. The first kappa shape index (κ1) is 14.3. The summed E-state index contributed by atoms with van der Waals surface area (Å²) in [6.07, 6.45) is 1.37. The molecule has 0 radical (unpaired) electrons. The molecule has 106 valence electrons. The van der Waals surface area contributed by atoms with E-state index in [0.29, 0.717) is 11.7 Å². The third-order valence-electron chi connectivity index (χ3n) is 2.57. The standard InChI is InChI=1S/C12H14FN5OS/c1-8(20-12-17-16-7-18(12)14)11(19)15-6-9-2-4-10(13)5-3-9/h2-5,7-8H,6,14H2,1H3,(H,15,19)/t8-/m1/s1. The number of carbonyl (C=O) groups excluding carboxylic acids is 1. The van der Waals surface area contributed by atoms with Gasteiger partial charge in [-0.1, -0.05) is 23.9 Å². The van der Waals surface area contributed by atoms with E-state index >= 15 is 0 Å². The van der Waals surface area contributed by atoms with Crippen molar-refractivity contribution in [3.05, 3.63) is 42.0 Å². The average Bonchev–Trinajstić information content (AvgIpc) is 2.83. The van der Waals surface area contributed by atoms with Gasteiger partial charge in [-0.15, -0.1) is 10.2 Å². The molecular weight excluding hydrogens is 281 g/mol. The Morgan fingerprint density at radius 2 is 2.20 bits per heavy atom. The Kier molecular flexibility index (Phi) is 4.57. The normalized spacial score (nSPS) is 12.1. The van der Waals surface area contributed by atoms with Crippen LogP contribution in [0, 0.1) is 5.82 Å². The van der Waals surface area contributed by atoms with Gasteiger partial charge >= 0.3 is 0 Å². The Bertz CT molecular complexity index is 586. The highest BCUT2D eigenvalue weighted by Gasteiger charge is 2.16. The average molecular weight is 295 g/mol. The predicted octanol–water partition coefficient (Wildman–Crippen LogP) is 0.928. The molecule has 1 heterocycles. The van der Waals surface area contributed by atoms with Crippen molar-refractivity contribution in [3.63, 3.8) is 0 Å². The Morgan fingerprint density at radius 1 is 1.50 bits per heavy atom. The van der Waals surface area contributed by atoms with Gasteiger partial charge in [-0.3, -0.25) is 4.79 Å². The van der Waals surface area contributed by atoms with Gasteiger partial charge in [0.2, 0.25) is 11.1 Å². The number of carbonyl (C=O) groups is 1. The molecular formula is C12H14FN5OS. The number of nitrogens with two attached hydrogens (primary N) is 1. The fraction of sp³-hybridized carbons (Fsp3) is 0.250. The van der Waals surface area contributed by atoms with Crippen molar-refractivity contribution in [2.24, 2.45) is 0 Å². The third kappa shape index (κ3) is 3.70. The number of halogens is 1. The van der Waals surface area contributed by atoms with Crippen molar-refractivity contribution in [1.82, 2.24) is 20.2 Å². The van der Waals surface area contributed by atoms with Gasteiger partial charge in [-0.25, -0.2) is 9.07 Å². The maximum Gasteiger partial charge on any atom is 0.233 e. The summed E-state index contributed by atoms with van der Waals surface area (Å²) in [7, 11) is 0. The number of rotatable bonds is 5. The van der Waals surface area contributed by atoms with Gasteiger partial charge in [0.1, 0.15) is 12.1 Å². The molecule has 6 nitrogen and oxygen atoms in total. The highest BCUT2D eigenvalue weighted by Crippen LogP contribution is 2.19. The highest BCUT2D eigenvalue weighted by molar-refractivity contribution is 8.00. The largest absolute Gasteiger partial charge is 0.351 e. The van der Waals surface area contributed by atoms with Crippen LogP contribution < -0.4 is 11.2 Å². The van der Waals surface area contributed by atoms with Crippen molar-refractivity contribution in [2.45, 2.75) is 23.9 Å². The van der Waals surface area contributed by atoms with Gasteiger partial charge < -0.3 is 11.2 Å². The summed E-state index contributed by atoms with van der Waals surface area (Å²) < 4.78 is 14.0. The van der Waals surface area contributed by atoms with E-state index in [1.165, 1.54) is 34.9 Å². The molecule has 20 heavy (non-hydrogen) atoms. The zero-order valence-corrected chi connectivity index (χ0v) is 11.6. The van der Waals surface area contributed by atoms with E-state index in [4.69, 9.17) is 5.84 Å². The lowest BCUT2D eigenvalue weighted by Crippen LogP contribution is -2.30. The molecule has 2 aromatic rings. The van der Waals surface area contributed by atoms with Crippen LogP contribution in [0.3, 0.4) is 0 Å². The second kappa shape index (κ2) is 6.38. The van der Waals surface area contributed by atoms with Gasteiger partial charge in [-0.05, 0) is 24.6 Å². The van der Waals surface area contributed by atoms with Crippen molar-refractivity contribution in [2.75, 3.05) is 5.84 Å². The Labute approximate surface area is 119 Å². The highest BCUT2D eigenvalue weighted by atomic mass is 32.2. The minimum absolute atomic E-state index is 0.151. The van der Waals surface area contributed by atoms with Crippen LogP contribution in [0.4, 0.5) is 4.39 Å². The molecule has 0 aliphatic heterocycles. The number of nitrogens with zero attached hydrogens (tertiary/aromatic N) is 3. The van der Waals surface area contributed by atoms with E-state index in [1.54, 1.807) is 19.1 Å². The molecule has 2 rings (SSSR count). The molecule has 1 atom stereocenters. The molecule has 3 N–H and O–H groups in total. The molecule has 0 saturated heterocycles. The number of hydrogen-bond donors (Lipinski definition) is 2. The van der Waals surface area contributed by atoms with Crippen LogP contribution in [0.1, 0.15) is 12.5 Å². The lowest BCUT2D eigenvalue weighted by Gasteiger charge is -2.11. The first-order chi connectivity index (χ1) is 9.56. The van der Waals surface area contributed by atoms with E-state index in [-0.39, 0.29) is 17.0 Å². The summed E-state index contributed by atoms with van der Waals surface area (Å²) in [5, 5.41) is 10.3. The summed E-state index contributed by atoms with van der Waals surface area (Å²) in [5.74, 6) is 5.12. The summed E-state index contributed by atoms with van der Waals surface area (Å²) in [6, 6.07) is 5.97. The second-order valence-corrected chi connectivity index (χ2v) is 5.43. The quantitative estimate of drug-likeness (QED) is 0.633. The van der Waals surface area contributed by atoms with Gasteiger partial charge in [0.05, 0.1) is 5.25 Å². The number of nitrogen functional groups attached to an aromatic ring is 1. The van der Waals surface area contributed by atoms with Crippen LogP contribution in [0.5, 0.6) is 0 Å². The molecule has 1 aromatic carbocycles. The predicted molar refractivity (Wildman–Crippen MR) is 73.7 cm³/mol. The van der Waals surface area contributed by atoms with Gasteiger partial charge in [0.25, 0.3) is 0 Å². The molecule has 8 heteroatoms. The van der Waals surface area contributed by atoms with Crippen LogP contribution >= 0.6 is 11.8 Å². The van der Waals surface area contributed by atoms with Crippen molar-refractivity contribution in [3.8, 4) is 0 Å². The Morgan fingerprint density at radius 3 is 2.80 bits per heavy atom. The minimum atomic E-state index is -0.359. The summed E-state index contributed by atoms with van der Waals surface area (Å²) in [5.41, 5.74) is 0.832. The van der Waals surface area contributed by atoms with Crippen LogP contribution in [-0.4, -0.2) is 26.0 Å². The van der Waals surface area contributed by atoms with Crippen molar-refractivity contribution in [1.29, 1.82) is 0 Å². The number of amides is 1. The number of thioether (sulfide) groups is 1. The first-order valence-corrected chi connectivity index (χ1v) is 6.78. The van der Waals surface area contributed by atoms with Gasteiger partial charge in [-0.2, -0.15) is 0 Å². The monoisotopic (exact) mass is 295 g/mol. The van der Waals surface area contributed by atoms with E-state index < -0.39 is 0 Å². The lowest BCUT2D eigenvalue weighted by molar-refractivity contribution is -0.120. The van der Waals surface area contributed by atoms with Crippen LogP contribution in [0.15, 0.2) is 35.7 Å². The molecule has 0 bridgehead atoms. The summed E-state index contributed by atoms with van der Waals surface area (Å²) in [6.45, 7) is 2.10. The zero-order valence-electron chi connectivity index (χ0n) is 10.8. The number of hydrogen-bond acceptors (Lipinski definition) is 5. The van der Waals surface area contributed by atoms with Crippen molar-refractivity contribution < 1.29 is 9.18 Å². The van der Waals surface area contributed by atoms with Crippen LogP contribution in [0.2, 0.25) is 0 Å². The fourth-order valence-electron chi connectivity index (χ4n) is 1.46. The van der Waals surface area contributed by atoms with E-state index in [9.17, 15) is 9.18 Å². The summed E-state index contributed by atoms with van der Waals surface area (Å²) in [4.78, 5) is 11.9. The molecule has 0 spiro atoms. The number of nitrogens with one attached hydrogen (secondary N) is 1. The maximum absolute atomic E-state index is 12.7. The van der Waals surface area contributed by atoms with Gasteiger partial charge in [0, 0.05) is 6.54 Å². The Hall–Kier alpha value is -2.09. The van der Waals surface area contributed by atoms with Crippen LogP contribution in [0.25, 0.3) is 0 Å². The molecule has 0 unspecified atom stereocenters. The zero-order chi connectivity index (χ0) is 14.5. The number of aromatic nitrogens is 3. The number of benzene rings is 1. The molecule has 1 amide bonds. The summed E-state index contributed by atoms with van der Waals surface area (Å²) >= 11 is 1.21. The van der Waals surface area contributed by atoms with E-state index in [0.717, 1.165) is 5.56 Å². The van der Waals surface area contributed by atoms with Gasteiger partial charge in [0.15, 0.2) is 0 Å². The van der Waals surface area contributed by atoms with Crippen LogP contribution in [-0.2, 0) is 11.3 Å². The third-order valence-corrected chi connectivity index (χ3v) is 3.64. The first-order valence-electron chi connectivity index (χ1n) is 5.90. The maximum atomic E-state index is 12.7. The SMILES string of the molecule is C[C@@H](Sc1nncn1N)C(=O)NCc1ccc(F)cc1. The molecule has 0 aliphatic carbocycles.